The molecule has 106 valence electrons. The predicted octanol–water partition coefficient (Wildman–Crippen LogP) is 2.37. The van der Waals surface area contributed by atoms with Crippen LogP contribution in [-0.4, -0.2) is 28.3 Å². The van der Waals surface area contributed by atoms with Crippen molar-refractivity contribution in [2.75, 3.05) is 0 Å². The molecular formula is C12H16F3N3O. The summed E-state index contributed by atoms with van der Waals surface area (Å²) in [6.45, 7) is 3.30. The van der Waals surface area contributed by atoms with Crippen LogP contribution in [0.3, 0.4) is 0 Å². The summed E-state index contributed by atoms with van der Waals surface area (Å²) in [7, 11) is 0. The fourth-order valence-electron chi connectivity index (χ4n) is 1.47. The van der Waals surface area contributed by atoms with Gasteiger partial charge >= 0.3 is 12.2 Å². The molecule has 1 fully saturated rings. The van der Waals surface area contributed by atoms with E-state index in [0.717, 1.165) is 12.5 Å². The summed E-state index contributed by atoms with van der Waals surface area (Å²) >= 11 is 0. The summed E-state index contributed by atoms with van der Waals surface area (Å²) < 4.78 is 41.7. The van der Waals surface area contributed by atoms with Crippen molar-refractivity contribution in [3.8, 4) is 6.01 Å². The molecule has 0 amide bonds. The van der Waals surface area contributed by atoms with E-state index in [4.69, 9.17) is 0 Å². The molecule has 7 heteroatoms. The molecule has 0 saturated heterocycles. The monoisotopic (exact) mass is 275 g/mol. The largest absolute Gasteiger partial charge is 0.451 e. The maximum Gasteiger partial charge on any atom is 0.425 e. The molecule has 0 radical (unpaired) electrons. The third-order valence-electron chi connectivity index (χ3n) is 2.96. The first-order valence-corrected chi connectivity index (χ1v) is 6.15. The Morgan fingerprint density at radius 3 is 2.68 bits per heavy atom. The topological polar surface area (TPSA) is 47.0 Å². The summed E-state index contributed by atoms with van der Waals surface area (Å²) in [4.78, 5) is 7.77. The number of alkyl halides is 3. The van der Waals surface area contributed by atoms with Gasteiger partial charge in [-0.2, -0.15) is 13.2 Å². The fourth-order valence-corrected chi connectivity index (χ4v) is 1.47. The van der Waals surface area contributed by atoms with Gasteiger partial charge in [0.1, 0.15) is 0 Å². The molecule has 1 aliphatic rings. The zero-order valence-electron chi connectivity index (χ0n) is 10.8. The number of halogens is 3. The number of rotatable bonds is 5. The van der Waals surface area contributed by atoms with Gasteiger partial charge in [-0.05, 0) is 26.7 Å². The Hall–Kier alpha value is -1.37. The van der Waals surface area contributed by atoms with E-state index in [-0.39, 0.29) is 6.01 Å². The number of aromatic nitrogens is 2. The minimum Gasteiger partial charge on any atom is -0.451 e. The second-order valence-electron chi connectivity index (χ2n) is 4.72. The lowest BCUT2D eigenvalue weighted by Crippen LogP contribution is -2.31. The van der Waals surface area contributed by atoms with E-state index in [1.807, 2.05) is 0 Å². The first kappa shape index (κ1) is 14.0. The van der Waals surface area contributed by atoms with Crippen molar-refractivity contribution >= 4 is 0 Å². The summed E-state index contributed by atoms with van der Waals surface area (Å²) in [6.07, 6.45) is -2.48. The molecule has 4 nitrogen and oxygen atoms in total. The third-order valence-corrected chi connectivity index (χ3v) is 2.96. The van der Waals surface area contributed by atoms with E-state index in [0.29, 0.717) is 18.3 Å². The van der Waals surface area contributed by atoms with Gasteiger partial charge in [0.2, 0.25) is 0 Å². The second-order valence-corrected chi connectivity index (χ2v) is 4.72. The Morgan fingerprint density at radius 2 is 2.16 bits per heavy atom. The molecule has 0 spiro atoms. The molecule has 1 aromatic rings. The van der Waals surface area contributed by atoms with Crippen LogP contribution in [0, 0.1) is 6.92 Å². The summed E-state index contributed by atoms with van der Waals surface area (Å²) in [5, 5.41) is 3.30. The van der Waals surface area contributed by atoms with Crippen LogP contribution in [-0.2, 0) is 6.54 Å². The van der Waals surface area contributed by atoms with Crippen LogP contribution < -0.4 is 10.1 Å². The molecular weight excluding hydrogens is 259 g/mol. The lowest BCUT2D eigenvalue weighted by molar-refractivity contribution is -0.190. The van der Waals surface area contributed by atoms with Gasteiger partial charge in [-0.1, -0.05) is 0 Å². The lowest BCUT2D eigenvalue weighted by Gasteiger charge is -2.16. The summed E-state index contributed by atoms with van der Waals surface area (Å²) in [5.41, 5.74) is 1.51. The SMILES string of the molecule is Cc1nc(OC(C)C(F)(F)F)ncc1CNC1CC1. The van der Waals surface area contributed by atoms with E-state index < -0.39 is 12.3 Å². The number of ether oxygens (including phenoxy) is 1. The highest BCUT2D eigenvalue weighted by Crippen LogP contribution is 2.24. The van der Waals surface area contributed by atoms with Gasteiger partial charge in [-0.25, -0.2) is 9.97 Å². The van der Waals surface area contributed by atoms with Crippen molar-refractivity contribution in [3.05, 3.63) is 17.5 Å². The molecule has 0 bridgehead atoms. The first-order chi connectivity index (χ1) is 8.86. The van der Waals surface area contributed by atoms with Crippen molar-refractivity contribution in [2.24, 2.45) is 0 Å². The standard InChI is InChI=1S/C12H16F3N3O/c1-7-9(5-16-10-3-4-10)6-17-11(18-7)19-8(2)12(13,14)15/h6,8,10,16H,3-5H2,1-2H3. The van der Waals surface area contributed by atoms with E-state index in [2.05, 4.69) is 20.0 Å². The van der Waals surface area contributed by atoms with Gasteiger partial charge in [0.15, 0.2) is 6.10 Å². The van der Waals surface area contributed by atoms with Crippen LogP contribution in [0.2, 0.25) is 0 Å². The zero-order chi connectivity index (χ0) is 14.0. The van der Waals surface area contributed by atoms with Crippen molar-refractivity contribution in [3.63, 3.8) is 0 Å². The molecule has 1 heterocycles. The number of hydrogen-bond acceptors (Lipinski definition) is 4. The second kappa shape index (κ2) is 5.32. The quantitative estimate of drug-likeness (QED) is 0.896. The normalized spacial score (nSPS) is 17.3. The first-order valence-electron chi connectivity index (χ1n) is 6.15. The molecule has 1 atom stereocenters. The van der Waals surface area contributed by atoms with Gasteiger partial charge in [0.25, 0.3) is 0 Å². The Kier molecular flexibility index (Phi) is 3.93. The Labute approximate surface area is 109 Å². The number of nitrogens with one attached hydrogen (secondary N) is 1. The Bertz CT molecular complexity index is 446. The highest BCUT2D eigenvalue weighted by Gasteiger charge is 2.38. The van der Waals surface area contributed by atoms with Gasteiger partial charge in [0, 0.05) is 30.0 Å². The van der Waals surface area contributed by atoms with Gasteiger partial charge < -0.3 is 10.1 Å². The van der Waals surface area contributed by atoms with E-state index in [1.165, 1.54) is 19.0 Å². The van der Waals surface area contributed by atoms with E-state index in [9.17, 15) is 13.2 Å². The van der Waals surface area contributed by atoms with Crippen molar-refractivity contribution in [1.82, 2.24) is 15.3 Å². The van der Waals surface area contributed by atoms with Crippen LogP contribution in [0.1, 0.15) is 31.0 Å². The molecule has 19 heavy (non-hydrogen) atoms. The average molecular weight is 275 g/mol. The van der Waals surface area contributed by atoms with Gasteiger partial charge in [0.05, 0.1) is 0 Å². The minimum atomic E-state index is -4.41. The minimum absolute atomic E-state index is 0.238. The summed E-state index contributed by atoms with van der Waals surface area (Å²) in [5.74, 6) is 0. The average Bonchev–Trinajstić information content (AvgIpc) is 3.10. The molecule has 1 aromatic heterocycles. The van der Waals surface area contributed by atoms with Crippen molar-refractivity contribution < 1.29 is 17.9 Å². The number of aryl methyl sites for hydroxylation is 1. The maximum atomic E-state index is 12.3. The van der Waals surface area contributed by atoms with Crippen molar-refractivity contribution in [2.45, 2.75) is 51.6 Å². The molecule has 1 aliphatic carbocycles. The molecule has 0 aliphatic heterocycles. The maximum absolute atomic E-state index is 12.3. The van der Waals surface area contributed by atoms with Crippen LogP contribution >= 0.6 is 0 Å². The highest BCUT2D eigenvalue weighted by atomic mass is 19.4. The van der Waals surface area contributed by atoms with Crippen LogP contribution in [0.15, 0.2) is 6.20 Å². The summed E-state index contributed by atoms with van der Waals surface area (Å²) in [6, 6.07) is 0.318. The van der Waals surface area contributed by atoms with Crippen LogP contribution in [0.25, 0.3) is 0 Å². The highest BCUT2D eigenvalue weighted by molar-refractivity contribution is 5.18. The molecule has 1 N–H and O–H groups in total. The smallest absolute Gasteiger partial charge is 0.425 e. The molecule has 1 saturated carbocycles. The molecule has 0 aromatic carbocycles. The predicted molar refractivity (Wildman–Crippen MR) is 62.8 cm³/mol. The Balaban J connectivity index is 1.97. The van der Waals surface area contributed by atoms with Crippen molar-refractivity contribution in [1.29, 1.82) is 0 Å². The Morgan fingerprint density at radius 1 is 1.47 bits per heavy atom. The molecule has 2 rings (SSSR count). The van der Waals surface area contributed by atoms with E-state index in [1.54, 1.807) is 6.92 Å². The number of hydrogen-bond donors (Lipinski definition) is 1. The zero-order valence-corrected chi connectivity index (χ0v) is 10.8. The fraction of sp³-hybridized carbons (Fsp3) is 0.667. The lowest BCUT2D eigenvalue weighted by atomic mass is 10.2. The van der Waals surface area contributed by atoms with Crippen LogP contribution in [0.4, 0.5) is 13.2 Å². The van der Waals surface area contributed by atoms with Gasteiger partial charge in [-0.3, -0.25) is 0 Å². The third kappa shape index (κ3) is 4.05. The van der Waals surface area contributed by atoms with Crippen LogP contribution in [0.5, 0.6) is 6.01 Å². The molecule has 1 unspecified atom stereocenters. The van der Waals surface area contributed by atoms with E-state index >= 15 is 0 Å². The van der Waals surface area contributed by atoms with Gasteiger partial charge in [-0.15, -0.1) is 0 Å². The number of nitrogens with zero attached hydrogens (tertiary/aromatic N) is 2.